The first-order valence-electron chi connectivity index (χ1n) is 8.64. The second-order valence-corrected chi connectivity index (χ2v) is 7.65. The van der Waals surface area contributed by atoms with Crippen LogP contribution in [0.1, 0.15) is 39.3 Å². The Kier molecular flexibility index (Phi) is 4.49. The molecule has 1 atom stereocenters. The van der Waals surface area contributed by atoms with Gasteiger partial charge in [0.1, 0.15) is 0 Å². The lowest BCUT2D eigenvalue weighted by Crippen LogP contribution is -2.41. The summed E-state index contributed by atoms with van der Waals surface area (Å²) >= 11 is 0. The number of hydrogen-bond acceptors (Lipinski definition) is 5. The van der Waals surface area contributed by atoms with Crippen molar-refractivity contribution in [3.05, 3.63) is 50.9 Å². The highest BCUT2D eigenvalue weighted by Crippen LogP contribution is 2.23. The lowest BCUT2D eigenvalue weighted by atomic mass is 9.92. The molecule has 0 aromatic carbocycles. The molecule has 2 aromatic rings. The van der Waals surface area contributed by atoms with Crippen molar-refractivity contribution in [1.82, 2.24) is 19.3 Å². The Morgan fingerprint density at radius 1 is 1.24 bits per heavy atom. The first-order chi connectivity index (χ1) is 11.8. The fourth-order valence-electron chi connectivity index (χ4n) is 3.17. The second-order valence-electron chi connectivity index (χ2n) is 7.65. The molecule has 134 valence electrons. The van der Waals surface area contributed by atoms with E-state index in [2.05, 4.69) is 30.9 Å². The van der Waals surface area contributed by atoms with Crippen molar-refractivity contribution in [2.24, 2.45) is 7.05 Å². The first kappa shape index (κ1) is 17.4. The normalized spacial score (nSPS) is 17.9. The minimum Gasteiger partial charge on any atom is -0.347 e. The van der Waals surface area contributed by atoms with Gasteiger partial charge in [-0.15, -0.1) is 0 Å². The molecule has 25 heavy (non-hydrogen) atoms. The van der Waals surface area contributed by atoms with Crippen LogP contribution in [0.25, 0.3) is 0 Å². The third-order valence-electron chi connectivity index (χ3n) is 4.67. The number of aryl methyl sites for hydroxylation is 1. The maximum Gasteiger partial charge on any atom is 0.293 e. The Morgan fingerprint density at radius 2 is 2.00 bits per heavy atom. The maximum atomic E-state index is 12.4. The van der Waals surface area contributed by atoms with Crippen LogP contribution in [0, 0.1) is 0 Å². The topological polar surface area (TPSA) is 73.0 Å². The summed E-state index contributed by atoms with van der Waals surface area (Å²) in [6.45, 7) is 7.45. The zero-order chi connectivity index (χ0) is 18.2. The van der Waals surface area contributed by atoms with Crippen LogP contribution in [-0.2, 0) is 19.0 Å². The molecule has 0 aliphatic carbocycles. The van der Waals surface area contributed by atoms with Gasteiger partial charge in [0.15, 0.2) is 5.82 Å². The monoisotopic (exact) mass is 343 g/mol. The summed E-state index contributed by atoms with van der Waals surface area (Å²) in [6, 6.07) is 3.41. The summed E-state index contributed by atoms with van der Waals surface area (Å²) < 4.78 is 3.05. The van der Waals surface area contributed by atoms with E-state index in [9.17, 15) is 9.59 Å². The molecule has 1 fully saturated rings. The standard InChI is InChI=1S/C18H25N5O2/c1-18(2,3)14-7-8-15(24)23(20-14)12-13-6-5-10-22(13)16-17(25)21(4)11-9-19-16/h7-9,11,13H,5-6,10,12H2,1-4H3. The summed E-state index contributed by atoms with van der Waals surface area (Å²) in [5, 5.41) is 4.55. The minimum atomic E-state index is -0.123. The molecule has 1 aliphatic heterocycles. The zero-order valence-electron chi connectivity index (χ0n) is 15.3. The van der Waals surface area contributed by atoms with Crippen molar-refractivity contribution in [3.8, 4) is 0 Å². The van der Waals surface area contributed by atoms with Crippen LogP contribution in [0.4, 0.5) is 5.82 Å². The number of aromatic nitrogens is 4. The lowest BCUT2D eigenvalue weighted by molar-refractivity contribution is 0.456. The van der Waals surface area contributed by atoms with Gasteiger partial charge in [0.25, 0.3) is 11.1 Å². The fourth-order valence-corrected chi connectivity index (χ4v) is 3.17. The Bertz CT molecular complexity index is 878. The molecule has 1 unspecified atom stereocenters. The van der Waals surface area contributed by atoms with E-state index in [0.29, 0.717) is 12.4 Å². The van der Waals surface area contributed by atoms with Gasteiger partial charge in [-0.2, -0.15) is 5.10 Å². The molecule has 7 heteroatoms. The Labute approximate surface area is 146 Å². The molecule has 0 N–H and O–H groups in total. The van der Waals surface area contributed by atoms with Crippen molar-refractivity contribution >= 4 is 5.82 Å². The van der Waals surface area contributed by atoms with E-state index in [0.717, 1.165) is 25.1 Å². The average molecular weight is 343 g/mol. The zero-order valence-corrected chi connectivity index (χ0v) is 15.3. The Hall–Kier alpha value is -2.44. The van der Waals surface area contributed by atoms with Gasteiger partial charge in [0.05, 0.1) is 18.3 Å². The van der Waals surface area contributed by atoms with Gasteiger partial charge in [0, 0.05) is 37.5 Å². The van der Waals surface area contributed by atoms with Gasteiger partial charge < -0.3 is 9.47 Å². The smallest absolute Gasteiger partial charge is 0.293 e. The van der Waals surface area contributed by atoms with Crippen molar-refractivity contribution in [2.75, 3.05) is 11.4 Å². The highest BCUT2D eigenvalue weighted by Gasteiger charge is 2.29. The molecule has 0 bridgehead atoms. The Morgan fingerprint density at radius 3 is 2.72 bits per heavy atom. The van der Waals surface area contributed by atoms with Crippen LogP contribution in [0.3, 0.4) is 0 Å². The fraction of sp³-hybridized carbons (Fsp3) is 0.556. The summed E-state index contributed by atoms with van der Waals surface area (Å²) in [5.41, 5.74) is 0.527. The second kappa shape index (κ2) is 6.46. The molecular formula is C18H25N5O2. The largest absolute Gasteiger partial charge is 0.347 e. The van der Waals surface area contributed by atoms with E-state index in [1.165, 1.54) is 9.25 Å². The quantitative estimate of drug-likeness (QED) is 0.840. The molecule has 0 saturated carbocycles. The summed E-state index contributed by atoms with van der Waals surface area (Å²) in [4.78, 5) is 30.9. The lowest BCUT2D eigenvalue weighted by Gasteiger charge is -2.26. The molecule has 0 radical (unpaired) electrons. The van der Waals surface area contributed by atoms with Gasteiger partial charge in [0.2, 0.25) is 0 Å². The third-order valence-corrected chi connectivity index (χ3v) is 4.67. The van der Waals surface area contributed by atoms with E-state index < -0.39 is 0 Å². The highest BCUT2D eigenvalue weighted by atomic mass is 16.1. The molecule has 1 saturated heterocycles. The van der Waals surface area contributed by atoms with Crippen LogP contribution >= 0.6 is 0 Å². The summed E-state index contributed by atoms with van der Waals surface area (Å²) in [7, 11) is 1.72. The number of nitrogens with zero attached hydrogens (tertiary/aromatic N) is 5. The van der Waals surface area contributed by atoms with Gasteiger partial charge in [-0.3, -0.25) is 9.59 Å². The van der Waals surface area contributed by atoms with Gasteiger partial charge in [-0.1, -0.05) is 20.8 Å². The molecule has 3 rings (SSSR count). The van der Waals surface area contributed by atoms with E-state index in [1.54, 1.807) is 31.6 Å². The van der Waals surface area contributed by atoms with Gasteiger partial charge >= 0.3 is 0 Å². The minimum absolute atomic E-state index is 0.0445. The number of anilines is 1. The first-order valence-corrected chi connectivity index (χ1v) is 8.64. The van der Waals surface area contributed by atoms with E-state index >= 15 is 0 Å². The van der Waals surface area contributed by atoms with Crippen LogP contribution in [0.15, 0.2) is 34.1 Å². The van der Waals surface area contributed by atoms with E-state index in [1.807, 2.05) is 4.90 Å². The van der Waals surface area contributed by atoms with E-state index in [4.69, 9.17) is 0 Å². The summed E-state index contributed by atoms with van der Waals surface area (Å²) in [6.07, 6.45) is 5.16. The molecule has 3 heterocycles. The molecule has 1 aliphatic rings. The van der Waals surface area contributed by atoms with Gasteiger partial charge in [-0.05, 0) is 18.9 Å². The van der Waals surface area contributed by atoms with Crippen LogP contribution < -0.4 is 16.0 Å². The maximum absolute atomic E-state index is 12.4. The van der Waals surface area contributed by atoms with Crippen LogP contribution in [0.2, 0.25) is 0 Å². The van der Waals surface area contributed by atoms with Crippen LogP contribution in [0.5, 0.6) is 0 Å². The molecule has 0 spiro atoms. The average Bonchev–Trinajstić information content (AvgIpc) is 2.99. The number of rotatable bonds is 3. The van der Waals surface area contributed by atoms with Crippen molar-refractivity contribution in [3.63, 3.8) is 0 Å². The predicted molar refractivity (Wildman–Crippen MR) is 97.0 cm³/mol. The number of hydrogen-bond donors (Lipinski definition) is 0. The Balaban J connectivity index is 1.91. The molecule has 7 nitrogen and oxygen atoms in total. The van der Waals surface area contributed by atoms with Crippen molar-refractivity contribution in [2.45, 2.75) is 51.6 Å². The SMILES string of the molecule is Cn1ccnc(N2CCCC2Cn2nc(C(C)(C)C)ccc2=O)c1=O. The van der Waals surface area contributed by atoms with Crippen molar-refractivity contribution < 1.29 is 0 Å². The molecule has 2 aromatic heterocycles. The summed E-state index contributed by atoms with van der Waals surface area (Å²) in [5.74, 6) is 0.451. The predicted octanol–water partition coefficient (Wildman–Crippen LogP) is 1.30. The van der Waals surface area contributed by atoms with Gasteiger partial charge in [-0.25, -0.2) is 9.67 Å². The van der Waals surface area contributed by atoms with Crippen molar-refractivity contribution in [1.29, 1.82) is 0 Å². The third kappa shape index (κ3) is 3.50. The highest BCUT2D eigenvalue weighted by molar-refractivity contribution is 5.38. The van der Waals surface area contributed by atoms with E-state index in [-0.39, 0.29) is 22.6 Å². The van der Waals surface area contributed by atoms with Crippen LogP contribution in [-0.4, -0.2) is 31.9 Å². The molecule has 0 amide bonds. The molecular weight excluding hydrogens is 318 g/mol.